The molecular weight excluding hydrogens is 317 g/mol. The van der Waals surface area contributed by atoms with Crippen molar-refractivity contribution in [1.29, 1.82) is 5.26 Å². The average Bonchev–Trinajstić information content (AvgIpc) is 2.55. The van der Waals surface area contributed by atoms with E-state index < -0.39 is 24.1 Å². The van der Waals surface area contributed by atoms with Gasteiger partial charge in [-0.3, -0.25) is 4.90 Å². The SMILES string of the molecule is Cc1c(C(O)CN2CCN(C(=O)O)C[C@@H]2CO)ccc(F)c1C#N. The fourth-order valence-corrected chi connectivity index (χ4v) is 2.99. The van der Waals surface area contributed by atoms with Gasteiger partial charge in [0.1, 0.15) is 11.9 Å². The Bertz CT molecular complexity index is 661. The number of carboxylic acid groups (broad SMARTS) is 1. The predicted molar refractivity (Wildman–Crippen MR) is 82.9 cm³/mol. The molecule has 1 saturated heterocycles. The lowest BCUT2D eigenvalue weighted by molar-refractivity contribution is 0.0129. The van der Waals surface area contributed by atoms with E-state index in [1.54, 1.807) is 17.9 Å². The van der Waals surface area contributed by atoms with Crippen LogP contribution in [0, 0.1) is 24.1 Å². The van der Waals surface area contributed by atoms with Crippen molar-refractivity contribution in [3.8, 4) is 6.07 Å². The summed E-state index contributed by atoms with van der Waals surface area (Å²) < 4.78 is 13.6. The maximum atomic E-state index is 13.6. The largest absolute Gasteiger partial charge is 0.465 e. The molecule has 2 rings (SSSR count). The first-order valence-corrected chi connectivity index (χ1v) is 7.59. The Balaban J connectivity index is 2.14. The molecule has 0 saturated carbocycles. The molecule has 8 heteroatoms. The van der Waals surface area contributed by atoms with E-state index >= 15 is 0 Å². The lowest BCUT2D eigenvalue weighted by atomic mass is 9.97. The molecule has 0 spiro atoms. The molecule has 0 aliphatic carbocycles. The van der Waals surface area contributed by atoms with Crippen LogP contribution in [0.2, 0.25) is 0 Å². The first kappa shape index (κ1) is 18.1. The zero-order valence-corrected chi connectivity index (χ0v) is 13.3. The average molecular weight is 337 g/mol. The van der Waals surface area contributed by atoms with Crippen LogP contribution in [-0.4, -0.2) is 70.0 Å². The van der Waals surface area contributed by atoms with Gasteiger partial charge in [-0.1, -0.05) is 6.07 Å². The van der Waals surface area contributed by atoms with E-state index in [0.717, 1.165) is 6.07 Å². The number of nitrogens with zero attached hydrogens (tertiary/aromatic N) is 3. The Morgan fingerprint density at radius 2 is 2.21 bits per heavy atom. The van der Waals surface area contributed by atoms with Crippen molar-refractivity contribution in [2.75, 3.05) is 32.8 Å². The summed E-state index contributed by atoms with van der Waals surface area (Å²) in [4.78, 5) is 14.1. The van der Waals surface area contributed by atoms with Gasteiger partial charge in [0.2, 0.25) is 0 Å². The number of carbonyl (C=O) groups is 1. The number of aliphatic hydroxyl groups excluding tert-OH is 2. The van der Waals surface area contributed by atoms with Gasteiger partial charge < -0.3 is 20.2 Å². The van der Waals surface area contributed by atoms with Crippen LogP contribution in [0.4, 0.5) is 9.18 Å². The van der Waals surface area contributed by atoms with Crippen LogP contribution >= 0.6 is 0 Å². The summed E-state index contributed by atoms with van der Waals surface area (Å²) in [7, 11) is 0. The van der Waals surface area contributed by atoms with Gasteiger partial charge >= 0.3 is 6.09 Å². The summed E-state index contributed by atoms with van der Waals surface area (Å²) >= 11 is 0. The first-order chi connectivity index (χ1) is 11.4. The Kier molecular flexibility index (Phi) is 5.72. The van der Waals surface area contributed by atoms with Gasteiger partial charge in [0.15, 0.2) is 0 Å². The van der Waals surface area contributed by atoms with E-state index in [-0.39, 0.29) is 31.8 Å². The Hall–Kier alpha value is -2.21. The second-order valence-corrected chi connectivity index (χ2v) is 5.82. The van der Waals surface area contributed by atoms with Crippen molar-refractivity contribution < 1.29 is 24.5 Å². The number of hydrogen-bond donors (Lipinski definition) is 3. The zero-order valence-electron chi connectivity index (χ0n) is 13.3. The van der Waals surface area contributed by atoms with Gasteiger partial charge in [-0.15, -0.1) is 0 Å². The number of benzene rings is 1. The summed E-state index contributed by atoms with van der Waals surface area (Å²) in [5.41, 5.74) is 0.737. The van der Waals surface area contributed by atoms with Gasteiger partial charge in [-0.25, -0.2) is 9.18 Å². The van der Waals surface area contributed by atoms with Crippen LogP contribution in [0.3, 0.4) is 0 Å². The van der Waals surface area contributed by atoms with Gasteiger partial charge in [-0.05, 0) is 24.1 Å². The molecule has 1 unspecified atom stereocenters. The summed E-state index contributed by atoms with van der Waals surface area (Å²) in [5.74, 6) is -0.630. The number of aliphatic hydroxyl groups is 2. The van der Waals surface area contributed by atoms with Gasteiger partial charge in [0, 0.05) is 26.2 Å². The highest BCUT2D eigenvalue weighted by Gasteiger charge is 2.30. The van der Waals surface area contributed by atoms with E-state index in [0.29, 0.717) is 17.7 Å². The van der Waals surface area contributed by atoms with E-state index in [2.05, 4.69) is 0 Å². The highest BCUT2D eigenvalue weighted by atomic mass is 19.1. The molecule has 1 amide bonds. The molecule has 0 radical (unpaired) electrons. The smallest absolute Gasteiger partial charge is 0.407 e. The second-order valence-electron chi connectivity index (χ2n) is 5.82. The predicted octanol–water partition coefficient (Wildman–Crippen LogP) is 0.696. The van der Waals surface area contributed by atoms with E-state index in [9.17, 15) is 19.4 Å². The zero-order chi connectivity index (χ0) is 17.9. The van der Waals surface area contributed by atoms with Crippen LogP contribution in [0.25, 0.3) is 0 Å². The van der Waals surface area contributed by atoms with E-state index in [1.807, 2.05) is 0 Å². The van der Waals surface area contributed by atoms with Crippen LogP contribution in [0.15, 0.2) is 12.1 Å². The Morgan fingerprint density at radius 1 is 1.50 bits per heavy atom. The minimum absolute atomic E-state index is 0.0963. The molecule has 0 aromatic heterocycles. The molecule has 130 valence electrons. The standard InChI is InChI=1S/C16H20FN3O4/c1-10-12(2-3-14(17)13(10)6-18)15(22)8-19-4-5-20(16(23)24)7-11(19)9-21/h2-3,11,15,21-22H,4-5,7-9H2,1H3,(H,23,24)/t11-,15?/m1/s1. The van der Waals surface area contributed by atoms with Crippen LogP contribution in [0.1, 0.15) is 22.8 Å². The van der Waals surface area contributed by atoms with Crippen molar-refractivity contribution >= 4 is 6.09 Å². The van der Waals surface area contributed by atoms with Crippen molar-refractivity contribution in [3.63, 3.8) is 0 Å². The number of nitriles is 1. The quantitative estimate of drug-likeness (QED) is 0.746. The Labute approximate surface area is 139 Å². The molecule has 1 aliphatic rings. The van der Waals surface area contributed by atoms with Crippen LogP contribution in [0.5, 0.6) is 0 Å². The number of piperazine rings is 1. The number of β-amino-alcohol motifs (C(OH)–C–C–N with tert-alkyl or cyclic N) is 1. The highest BCUT2D eigenvalue weighted by molar-refractivity contribution is 5.65. The highest BCUT2D eigenvalue weighted by Crippen LogP contribution is 2.24. The summed E-state index contributed by atoms with van der Waals surface area (Å²) in [6.07, 6.45) is -2.01. The maximum absolute atomic E-state index is 13.6. The molecule has 1 aromatic rings. The number of amides is 1. The number of rotatable bonds is 4. The first-order valence-electron chi connectivity index (χ1n) is 7.59. The molecule has 1 heterocycles. The molecule has 3 N–H and O–H groups in total. The van der Waals surface area contributed by atoms with Crippen LogP contribution < -0.4 is 0 Å². The topological polar surface area (TPSA) is 108 Å². The minimum Gasteiger partial charge on any atom is -0.465 e. The van der Waals surface area contributed by atoms with Crippen molar-refractivity contribution in [1.82, 2.24) is 9.80 Å². The number of hydrogen-bond acceptors (Lipinski definition) is 5. The maximum Gasteiger partial charge on any atom is 0.407 e. The van der Waals surface area contributed by atoms with E-state index in [1.165, 1.54) is 11.0 Å². The molecule has 24 heavy (non-hydrogen) atoms. The monoisotopic (exact) mass is 337 g/mol. The molecular formula is C16H20FN3O4. The minimum atomic E-state index is -1.04. The third-order valence-electron chi connectivity index (χ3n) is 4.42. The molecule has 2 atom stereocenters. The summed E-state index contributed by atoms with van der Waals surface area (Å²) in [6, 6.07) is 3.96. The fourth-order valence-electron chi connectivity index (χ4n) is 2.99. The summed E-state index contributed by atoms with van der Waals surface area (Å²) in [6.45, 7) is 2.32. The summed E-state index contributed by atoms with van der Waals surface area (Å²) in [5, 5.41) is 38.0. The molecule has 1 aliphatic heterocycles. The normalized spacial score (nSPS) is 19.8. The van der Waals surface area contributed by atoms with E-state index in [4.69, 9.17) is 10.4 Å². The molecule has 1 fully saturated rings. The fraction of sp³-hybridized carbons (Fsp3) is 0.500. The van der Waals surface area contributed by atoms with Crippen molar-refractivity contribution in [2.24, 2.45) is 0 Å². The van der Waals surface area contributed by atoms with Crippen molar-refractivity contribution in [2.45, 2.75) is 19.1 Å². The van der Waals surface area contributed by atoms with Gasteiger partial charge in [0.05, 0.1) is 24.3 Å². The second kappa shape index (κ2) is 7.57. The van der Waals surface area contributed by atoms with Gasteiger partial charge in [0.25, 0.3) is 0 Å². The molecule has 1 aromatic carbocycles. The molecule has 7 nitrogen and oxygen atoms in total. The third-order valence-corrected chi connectivity index (χ3v) is 4.42. The lowest BCUT2D eigenvalue weighted by Crippen LogP contribution is -2.56. The van der Waals surface area contributed by atoms with Crippen LogP contribution in [-0.2, 0) is 0 Å². The Morgan fingerprint density at radius 3 is 2.79 bits per heavy atom. The third kappa shape index (κ3) is 3.64. The number of halogens is 1. The van der Waals surface area contributed by atoms with Crippen molar-refractivity contribution in [3.05, 3.63) is 34.6 Å². The molecule has 0 bridgehead atoms. The lowest BCUT2D eigenvalue weighted by Gasteiger charge is -2.40. The van der Waals surface area contributed by atoms with Gasteiger partial charge in [-0.2, -0.15) is 5.26 Å².